The van der Waals surface area contributed by atoms with Gasteiger partial charge in [-0.05, 0) is 17.7 Å². The van der Waals surface area contributed by atoms with Crippen molar-refractivity contribution in [3.63, 3.8) is 0 Å². The first-order valence-electron chi connectivity index (χ1n) is 8.16. The summed E-state index contributed by atoms with van der Waals surface area (Å²) in [7, 11) is -3.17. The van der Waals surface area contributed by atoms with E-state index in [1.807, 2.05) is 18.2 Å². The first-order valence-corrected chi connectivity index (χ1v) is 10.0. The van der Waals surface area contributed by atoms with Gasteiger partial charge >= 0.3 is 0 Å². The molecule has 0 bridgehead atoms. The Labute approximate surface area is 142 Å². The van der Waals surface area contributed by atoms with Crippen LogP contribution in [0.15, 0.2) is 18.2 Å². The molecule has 0 unspecified atom stereocenters. The highest BCUT2D eigenvalue weighted by atomic mass is 32.2. The Morgan fingerprint density at radius 1 is 1.17 bits per heavy atom. The maximum atomic E-state index is 11.8. The number of likely N-dealkylation sites (tertiary alicyclic amines) is 1. The highest BCUT2D eigenvalue weighted by molar-refractivity contribution is 7.88. The van der Waals surface area contributed by atoms with E-state index in [0.29, 0.717) is 19.7 Å². The molecule has 0 aromatic heterocycles. The molecule has 1 aromatic carbocycles. The molecule has 3 heterocycles. The zero-order valence-electron chi connectivity index (χ0n) is 13.7. The van der Waals surface area contributed by atoms with Crippen LogP contribution in [0.4, 0.5) is 0 Å². The molecule has 3 aliphatic heterocycles. The van der Waals surface area contributed by atoms with Crippen LogP contribution < -0.4 is 9.47 Å². The average Bonchev–Trinajstić information content (AvgIpc) is 3.07. The second-order valence-corrected chi connectivity index (χ2v) is 8.65. The normalized spacial score (nSPS) is 27.9. The molecule has 3 aliphatic rings. The summed E-state index contributed by atoms with van der Waals surface area (Å²) in [6.45, 7) is 4.21. The quantitative estimate of drug-likeness (QED) is 0.788. The van der Waals surface area contributed by atoms with Crippen LogP contribution in [0.2, 0.25) is 0 Å². The van der Waals surface area contributed by atoms with Gasteiger partial charge in [0.2, 0.25) is 16.8 Å². The van der Waals surface area contributed by atoms with Gasteiger partial charge in [0.1, 0.15) is 0 Å². The molecular formula is C16H22N2O5S. The van der Waals surface area contributed by atoms with Crippen LogP contribution in [0.25, 0.3) is 0 Å². The zero-order valence-corrected chi connectivity index (χ0v) is 14.5. The molecular weight excluding hydrogens is 332 g/mol. The van der Waals surface area contributed by atoms with Crippen LogP contribution in [0.1, 0.15) is 5.56 Å². The second-order valence-electron chi connectivity index (χ2n) is 6.67. The van der Waals surface area contributed by atoms with Crippen molar-refractivity contribution in [3.05, 3.63) is 23.8 Å². The predicted octanol–water partition coefficient (Wildman–Crippen LogP) is 0.508. The smallest absolute Gasteiger partial charge is 0.231 e. The first kappa shape index (κ1) is 16.1. The van der Waals surface area contributed by atoms with E-state index in [0.717, 1.165) is 36.7 Å². The van der Waals surface area contributed by atoms with Gasteiger partial charge < -0.3 is 14.2 Å². The SMILES string of the molecule is CS(=O)(=O)N1CCO[C@@H]2CN(Cc3ccc4c(c3)OCO4)C[C@@H]2C1. The third-order valence-electron chi connectivity index (χ3n) is 4.88. The van der Waals surface area contributed by atoms with E-state index in [1.54, 1.807) is 4.31 Å². The summed E-state index contributed by atoms with van der Waals surface area (Å²) in [6.07, 6.45) is 1.37. The highest BCUT2D eigenvalue weighted by Gasteiger charge is 2.38. The second kappa shape index (κ2) is 6.18. The van der Waals surface area contributed by atoms with Crippen LogP contribution >= 0.6 is 0 Å². The van der Waals surface area contributed by atoms with Crippen molar-refractivity contribution in [2.45, 2.75) is 12.6 Å². The Balaban J connectivity index is 1.42. The summed E-state index contributed by atoms with van der Waals surface area (Å²) in [6, 6.07) is 6.00. The minimum absolute atomic E-state index is 0.103. The van der Waals surface area contributed by atoms with Gasteiger partial charge in [-0.1, -0.05) is 6.07 Å². The molecule has 0 saturated carbocycles. The summed E-state index contributed by atoms with van der Waals surface area (Å²) in [5.74, 6) is 1.80. The number of fused-ring (bicyclic) bond motifs is 2. The molecule has 7 nitrogen and oxygen atoms in total. The van der Waals surface area contributed by atoms with E-state index in [1.165, 1.54) is 6.26 Å². The van der Waals surface area contributed by atoms with Crippen molar-refractivity contribution >= 4 is 10.0 Å². The fraction of sp³-hybridized carbons (Fsp3) is 0.625. The molecule has 0 spiro atoms. The van der Waals surface area contributed by atoms with E-state index in [4.69, 9.17) is 14.2 Å². The predicted molar refractivity (Wildman–Crippen MR) is 87.5 cm³/mol. The lowest BCUT2D eigenvalue weighted by Gasteiger charge is -2.21. The fourth-order valence-electron chi connectivity index (χ4n) is 3.68. The zero-order chi connectivity index (χ0) is 16.7. The first-order chi connectivity index (χ1) is 11.5. The number of hydrogen-bond acceptors (Lipinski definition) is 6. The molecule has 4 rings (SSSR count). The summed E-state index contributed by atoms with van der Waals surface area (Å²) in [5.41, 5.74) is 1.16. The highest BCUT2D eigenvalue weighted by Crippen LogP contribution is 2.33. The Bertz CT molecular complexity index is 723. The number of benzene rings is 1. The molecule has 0 amide bonds. The van der Waals surface area contributed by atoms with Crippen molar-refractivity contribution < 1.29 is 22.6 Å². The average molecular weight is 354 g/mol. The van der Waals surface area contributed by atoms with Gasteiger partial charge in [-0.2, -0.15) is 4.31 Å². The van der Waals surface area contributed by atoms with E-state index < -0.39 is 10.0 Å². The van der Waals surface area contributed by atoms with Gasteiger partial charge in [0.05, 0.1) is 19.0 Å². The topological polar surface area (TPSA) is 68.3 Å². The molecule has 0 radical (unpaired) electrons. The summed E-state index contributed by atoms with van der Waals surface area (Å²) >= 11 is 0. The number of hydrogen-bond donors (Lipinski definition) is 0. The fourth-order valence-corrected chi connectivity index (χ4v) is 4.55. The third-order valence-corrected chi connectivity index (χ3v) is 6.15. The molecule has 2 atom stereocenters. The van der Waals surface area contributed by atoms with Crippen molar-refractivity contribution in [2.24, 2.45) is 5.92 Å². The molecule has 2 fully saturated rings. The Hall–Kier alpha value is -1.35. The van der Waals surface area contributed by atoms with Crippen molar-refractivity contribution in [2.75, 3.05) is 45.8 Å². The summed E-state index contributed by atoms with van der Waals surface area (Å²) < 4.78 is 41.9. The Kier molecular flexibility index (Phi) is 4.16. The molecule has 1 aromatic rings. The number of ether oxygens (including phenoxy) is 3. The van der Waals surface area contributed by atoms with E-state index in [-0.39, 0.29) is 18.8 Å². The van der Waals surface area contributed by atoms with E-state index in [9.17, 15) is 8.42 Å². The minimum atomic E-state index is -3.17. The largest absolute Gasteiger partial charge is 0.454 e. The monoisotopic (exact) mass is 354 g/mol. The number of rotatable bonds is 3. The lowest BCUT2D eigenvalue weighted by Crippen LogP contribution is -2.36. The van der Waals surface area contributed by atoms with Crippen molar-refractivity contribution in [3.8, 4) is 11.5 Å². The molecule has 24 heavy (non-hydrogen) atoms. The van der Waals surface area contributed by atoms with Crippen LogP contribution in [-0.2, 0) is 21.3 Å². The van der Waals surface area contributed by atoms with Crippen LogP contribution in [-0.4, -0.2) is 69.6 Å². The molecule has 0 aliphatic carbocycles. The van der Waals surface area contributed by atoms with Crippen molar-refractivity contribution in [1.29, 1.82) is 0 Å². The van der Waals surface area contributed by atoms with E-state index >= 15 is 0 Å². The number of sulfonamides is 1. The van der Waals surface area contributed by atoms with Gasteiger partial charge in [0.25, 0.3) is 0 Å². The maximum Gasteiger partial charge on any atom is 0.231 e. The molecule has 8 heteroatoms. The van der Waals surface area contributed by atoms with Gasteiger partial charge in [-0.3, -0.25) is 4.90 Å². The maximum absolute atomic E-state index is 11.8. The third kappa shape index (κ3) is 3.23. The standard InChI is InChI=1S/C16H22N2O5S/c1-24(19,20)18-4-5-21-16-10-17(8-13(16)9-18)7-12-2-3-14-15(6-12)23-11-22-14/h2-3,6,13,16H,4-5,7-11H2,1H3/t13-,16-/m1/s1. The Morgan fingerprint density at radius 2 is 2.00 bits per heavy atom. The van der Waals surface area contributed by atoms with Crippen LogP contribution in [0, 0.1) is 5.92 Å². The lowest BCUT2D eigenvalue weighted by molar-refractivity contribution is 0.0518. The number of nitrogens with zero attached hydrogens (tertiary/aromatic N) is 2. The van der Waals surface area contributed by atoms with Crippen LogP contribution in [0.3, 0.4) is 0 Å². The van der Waals surface area contributed by atoms with Crippen LogP contribution in [0.5, 0.6) is 11.5 Å². The van der Waals surface area contributed by atoms with Gasteiger partial charge in [0, 0.05) is 38.6 Å². The van der Waals surface area contributed by atoms with Gasteiger partial charge in [-0.25, -0.2) is 8.42 Å². The lowest BCUT2D eigenvalue weighted by atomic mass is 10.1. The molecule has 0 N–H and O–H groups in total. The minimum Gasteiger partial charge on any atom is -0.454 e. The Morgan fingerprint density at radius 3 is 2.83 bits per heavy atom. The molecule has 2 saturated heterocycles. The summed E-state index contributed by atoms with van der Waals surface area (Å²) in [4.78, 5) is 2.32. The van der Waals surface area contributed by atoms with Gasteiger partial charge in [0.15, 0.2) is 11.5 Å². The van der Waals surface area contributed by atoms with E-state index in [2.05, 4.69) is 4.90 Å². The van der Waals surface area contributed by atoms with Crippen molar-refractivity contribution in [1.82, 2.24) is 9.21 Å². The van der Waals surface area contributed by atoms with Gasteiger partial charge in [-0.15, -0.1) is 0 Å². The molecule has 132 valence electrons. The summed E-state index contributed by atoms with van der Waals surface area (Å²) in [5, 5.41) is 0.